The highest BCUT2D eigenvalue weighted by molar-refractivity contribution is 6.25. The van der Waals surface area contributed by atoms with Crippen LogP contribution in [0.4, 0.5) is 5.69 Å². The van der Waals surface area contributed by atoms with E-state index in [4.69, 9.17) is 5.73 Å². The zero-order chi connectivity index (χ0) is 30.0. The Kier molecular flexibility index (Phi) is 7.78. The van der Waals surface area contributed by atoms with E-state index in [-0.39, 0.29) is 24.2 Å². The van der Waals surface area contributed by atoms with Crippen molar-refractivity contribution in [1.29, 1.82) is 0 Å². The molecule has 0 saturated heterocycles. The first-order chi connectivity index (χ1) is 19.3. The lowest BCUT2D eigenvalue weighted by molar-refractivity contribution is -0.190. The number of hydrogen-bond donors (Lipinski definition) is 5. The quantitative estimate of drug-likeness (QED) is 0.296. The Morgan fingerprint density at radius 2 is 1.76 bits per heavy atom. The molecule has 3 fully saturated rings. The molecular formula is C30H42N4O7. The number of hydrogen-bond acceptors (Lipinski definition) is 10. The van der Waals surface area contributed by atoms with Crippen LogP contribution in [0.25, 0.3) is 0 Å². The minimum Gasteiger partial charge on any atom is -0.507 e. The molecule has 41 heavy (non-hydrogen) atoms. The standard InChI is InChI=1S/C30H42N4O7/c1-33(2)19-12-15(13-32-16-8-6-5-7-9-16)24(35)21-17(19)10-14-11-18-23(34(3)4)26(37)22(29(31)40)28(39)30(18,41)27(38)20(14)25(21)36/h12,14,16,18,20,22-23,26,32,35,37,41H,5-11,13H2,1-4H3,(H2,31,40)/t14-,18-,20?,22?,23?,26?,30-/m1/s1. The monoisotopic (exact) mass is 570 g/mol. The number of anilines is 1. The zero-order valence-electron chi connectivity index (χ0n) is 24.2. The SMILES string of the molecule is CN(C)c1cc(CNC2CCCCC2)c(O)c2c1C[C@@H]1C[C@@H]3C(N(C)C)C(O)C(C(N)=O)C(=O)[C@]3(O)C(=O)C1C2=O. The van der Waals surface area contributed by atoms with Crippen molar-refractivity contribution < 1.29 is 34.5 Å². The number of nitrogens with two attached hydrogens (primary N) is 1. The lowest BCUT2D eigenvalue weighted by atomic mass is 9.52. The van der Waals surface area contributed by atoms with Gasteiger partial charge < -0.3 is 36.2 Å². The third kappa shape index (κ3) is 4.57. The van der Waals surface area contributed by atoms with E-state index in [0.29, 0.717) is 23.7 Å². The first-order valence-corrected chi connectivity index (χ1v) is 14.6. The van der Waals surface area contributed by atoms with E-state index in [1.54, 1.807) is 19.0 Å². The number of fused-ring (bicyclic) bond motifs is 3. The summed E-state index contributed by atoms with van der Waals surface area (Å²) in [5, 5.41) is 37.7. The van der Waals surface area contributed by atoms with Crippen LogP contribution in [0, 0.1) is 23.7 Å². The number of likely N-dealkylation sites (N-methyl/N-ethyl adjacent to an activating group) is 1. The molecule has 4 unspecified atom stereocenters. The number of carbonyl (C=O) groups excluding carboxylic acids is 4. The number of nitrogens with one attached hydrogen (secondary N) is 1. The van der Waals surface area contributed by atoms with E-state index in [1.165, 1.54) is 6.42 Å². The van der Waals surface area contributed by atoms with Crippen molar-refractivity contribution in [1.82, 2.24) is 10.2 Å². The van der Waals surface area contributed by atoms with Gasteiger partial charge in [0.05, 0.1) is 17.6 Å². The summed E-state index contributed by atoms with van der Waals surface area (Å²) in [5.41, 5.74) is 4.76. The summed E-state index contributed by atoms with van der Waals surface area (Å²) >= 11 is 0. The predicted octanol–water partition coefficient (Wildman–Crippen LogP) is 0.147. The van der Waals surface area contributed by atoms with E-state index in [1.807, 2.05) is 25.1 Å². The van der Waals surface area contributed by atoms with E-state index >= 15 is 0 Å². The Bertz CT molecular complexity index is 1270. The molecule has 1 aromatic carbocycles. The molecule has 0 spiro atoms. The maximum absolute atomic E-state index is 14.1. The molecule has 7 atom stereocenters. The molecule has 3 saturated carbocycles. The molecule has 11 heteroatoms. The molecule has 1 aromatic rings. The Morgan fingerprint density at radius 1 is 1.10 bits per heavy atom. The number of aliphatic hydroxyl groups is 2. The van der Waals surface area contributed by atoms with E-state index in [2.05, 4.69) is 5.32 Å². The summed E-state index contributed by atoms with van der Waals surface area (Å²) in [6.45, 7) is 0.354. The number of benzene rings is 1. The van der Waals surface area contributed by atoms with Crippen LogP contribution in [0.2, 0.25) is 0 Å². The normalized spacial score (nSPS) is 33.8. The van der Waals surface area contributed by atoms with Gasteiger partial charge in [0.25, 0.3) is 0 Å². The number of aromatic hydroxyl groups is 1. The predicted molar refractivity (Wildman–Crippen MR) is 150 cm³/mol. The van der Waals surface area contributed by atoms with Crippen LogP contribution in [0.3, 0.4) is 0 Å². The van der Waals surface area contributed by atoms with Crippen molar-refractivity contribution in [3.63, 3.8) is 0 Å². The third-order valence-corrected chi connectivity index (χ3v) is 10.0. The maximum Gasteiger partial charge on any atom is 0.230 e. The molecule has 11 nitrogen and oxygen atoms in total. The number of carbonyl (C=O) groups is 4. The van der Waals surface area contributed by atoms with Crippen LogP contribution in [0.15, 0.2) is 6.07 Å². The van der Waals surface area contributed by atoms with Gasteiger partial charge in [0.15, 0.2) is 23.0 Å². The van der Waals surface area contributed by atoms with Gasteiger partial charge in [-0.2, -0.15) is 0 Å². The average molecular weight is 571 g/mol. The molecule has 0 aliphatic heterocycles. The van der Waals surface area contributed by atoms with Crippen molar-refractivity contribution in [2.24, 2.45) is 29.4 Å². The van der Waals surface area contributed by atoms with E-state index in [9.17, 15) is 34.5 Å². The van der Waals surface area contributed by atoms with Crippen LogP contribution in [0.5, 0.6) is 5.75 Å². The highest BCUT2D eigenvalue weighted by atomic mass is 16.3. The van der Waals surface area contributed by atoms with Crippen molar-refractivity contribution in [3.8, 4) is 5.75 Å². The number of rotatable bonds is 6. The summed E-state index contributed by atoms with van der Waals surface area (Å²) in [7, 11) is 6.97. The fourth-order valence-electron chi connectivity index (χ4n) is 8.02. The smallest absolute Gasteiger partial charge is 0.230 e. The van der Waals surface area contributed by atoms with Gasteiger partial charge >= 0.3 is 0 Å². The summed E-state index contributed by atoms with van der Waals surface area (Å²) < 4.78 is 0. The first kappa shape index (κ1) is 29.6. The number of phenols is 1. The number of nitrogens with zero attached hydrogens (tertiary/aromatic N) is 2. The van der Waals surface area contributed by atoms with Gasteiger partial charge in [0.2, 0.25) is 5.91 Å². The van der Waals surface area contributed by atoms with Gasteiger partial charge in [-0.25, -0.2) is 0 Å². The molecular weight excluding hydrogens is 528 g/mol. The second-order valence-corrected chi connectivity index (χ2v) is 12.8. The molecule has 224 valence electrons. The molecule has 6 N–H and O–H groups in total. The van der Waals surface area contributed by atoms with E-state index in [0.717, 1.165) is 31.4 Å². The molecule has 1 amide bonds. The zero-order valence-corrected chi connectivity index (χ0v) is 24.2. The topological polar surface area (TPSA) is 173 Å². The van der Waals surface area contributed by atoms with Crippen LogP contribution in [0.1, 0.15) is 60.0 Å². The molecule has 0 aromatic heterocycles. The van der Waals surface area contributed by atoms with Crippen molar-refractivity contribution >= 4 is 28.9 Å². The van der Waals surface area contributed by atoms with Crippen molar-refractivity contribution in [2.75, 3.05) is 33.1 Å². The summed E-state index contributed by atoms with van der Waals surface area (Å²) in [5.74, 6) is -8.89. The number of phenolic OH excluding ortho intramolecular Hbond substituents is 1. The fraction of sp³-hybridized carbons (Fsp3) is 0.667. The van der Waals surface area contributed by atoms with E-state index < -0.39 is 64.7 Å². The number of primary amides is 1. The number of aliphatic hydroxyl groups excluding tert-OH is 1. The number of Topliss-reactive ketones (excluding diaryl/α,β-unsaturated/α-hetero) is 3. The number of ketones is 3. The van der Waals surface area contributed by atoms with Gasteiger partial charge in [0.1, 0.15) is 11.7 Å². The van der Waals surface area contributed by atoms with Gasteiger partial charge in [-0.3, -0.25) is 19.2 Å². The van der Waals surface area contributed by atoms with Gasteiger partial charge in [0, 0.05) is 49.9 Å². The molecule has 4 aliphatic carbocycles. The summed E-state index contributed by atoms with van der Waals surface area (Å²) in [4.78, 5) is 57.4. The maximum atomic E-state index is 14.1. The molecule has 0 bridgehead atoms. The van der Waals surface area contributed by atoms with Gasteiger partial charge in [-0.05, 0) is 57.3 Å². The van der Waals surface area contributed by atoms with Crippen LogP contribution in [-0.4, -0.2) is 95.5 Å². The minimum atomic E-state index is -2.66. The second kappa shape index (κ2) is 10.8. The molecule has 0 radical (unpaired) electrons. The second-order valence-electron chi connectivity index (χ2n) is 12.8. The third-order valence-electron chi connectivity index (χ3n) is 10.0. The van der Waals surface area contributed by atoms with Crippen molar-refractivity contribution in [3.05, 3.63) is 22.8 Å². The first-order valence-electron chi connectivity index (χ1n) is 14.6. The minimum absolute atomic E-state index is 0.0483. The molecule has 4 aliphatic rings. The van der Waals surface area contributed by atoms with Crippen LogP contribution in [-0.2, 0) is 27.3 Å². The highest BCUT2D eigenvalue weighted by Crippen LogP contribution is 2.52. The van der Waals surface area contributed by atoms with Crippen LogP contribution >= 0.6 is 0 Å². The van der Waals surface area contributed by atoms with Gasteiger partial charge in [-0.1, -0.05) is 19.3 Å². The van der Waals surface area contributed by atoms with Crippen LogP contribution < -0.4 is 16.0 Å². The highest BCUT2D eigenvalue weighted by Gasteiger charge is 2.69. The summed E-state index contributed by atoms with van der Waals surface area (Å²) in [6, 6.07) is 1.28. The Balaban J connectivity index is 1.57. The van der Waals surface area contributed by atoms with Crippen molar-refractivity contribution in [2.45, 2.75) is 75.3 Å². The fourth-order valence-corrected chi connectivity index (χ4v) is 8.02. The Labute approximate surface area is 240 Å². The average Bonchev–Trinajstić information content (AvgIpc) is 2.90. The Hall–Kier alpha value is -2.86. The Morgan fingerprint density at radius 3 is 2.34 bits per heavy atom. The molecule has 0 heterocycles. The molecule has 5 rings (SSSR count). The lowest BCUT2D eigenvalue weighted by Crippen LogP contribution is -2.75. The largest absolute Gasteiger partial charge is 0.507 e. The van der Waals surface area contributed by atoms with Gasteiger partial charge in [-0.15, -0.1) is 0 Å². The lowest BCUT2D eigenvalue weighted by Gasteiger charge is -2.55. The summed E-state index contributed by atoms with van der Waals surface area (Å²) in [6.07, 6.45) is 4.44. The number of amides is 1.